The van der Waals surface area contributed by atoms with Crippen LogP contribution in [0.4, 0.5) is 23.7 Å². The van der Waals surface area contributed by atoms with Crippen LogP contribution < -0.4 is 15.0 Å². The van der Waals surface area contributed by atoms with Crippen molar-refractivity contribution in [1.29, 1.82) is 0 Å². The third-order valence-electron chi connectivity index (χ3n) is 6.55. The van der Waals surface area contributed by atoms with Gasteiger partial charge in [-0.05, 0) is 62.3 Å². The van der Waals surface area contributed by atoms with Gasteiger partial charge in [-0.1, -0.05) is 36.6 Å². The Morgan fingerprint density at radius 2 is 1.88 bits per heavy atom. The van der Waals surface area contributed by atoms with Crippen LogP contribution in [0.2, 0.25) is 5.02 Å². The van der Waals surface area contributed by atoms with E-state index in [9.17, 15) is 18.0 Å². The number of benzene rings is 2. The fraction of sp³-hybridized carbons (Fsp3) is 0.458. The second kappa shape index (κ2) is 8.72. The minimum absolute atomic E-state index is 0.0324. The van der Waals surface area contributed by atoms with E-state index >= 15 is 0 Å². The van der Waals surface area contributed by atoms with Gasteiger partial charge in [0.2, 0.25) is 0 Å². The Morgan fingerprint density at radius 3 is 2.42 bits per heavy atom. The first-order valence-corrected chi connectivity index (χ1v) is 11.2. The fourth-order valence-corrected chi connectivity index (χ4v) is 4.83. The predicted molar refractivity (Wildman–Crippen MR) is 122 cm³/mol. The molecule has 0 unspecified atom stereocenters. The monoisotopic (exact) mass is 481 g/mol. The maximum Gasteiger partial charge on any atom is 0.417 e. The van der Waals surface area contributed by atoms with E-state index in [4.69, 9.17) is 16.3 Å². The van der Waals surface area contributed by atoms with E-state index in [0.717, 1.165) is 18.4 Å². The number of hydrogen-bond acceptors (Lipinski definition) is 3. The first kappa shape index (κ1) is 23.7. The van der Waals surface area contributed by atoms with Crippen LogP contribution in [-0.2, 0) is 12.1 Å². The summed E-state index contributed by atoms with van der Waals surface area (Å²) < 4.78 is 50.1. The maximum atomic E-state index is 15.0. The number of carbonyl (C=O) groups excluding carboxylic acids is 1. The molecule has 1 N–H and O–H groups in total. The van der Waals surface area contributed by atoms with Crippen LogP contribution >= 0.6 is 11.6 Å². The van der Waals surface area contributed by atoms with Gasteiger partial charge >= 0.3 is 12.2 Å². The quantitative estimate of drug-likeness (QED) is 0.562. The molecule has 1 aliphatic carbocycles. The van der Waals surface area contributed by atoms with E-state index in [-0.39, 0.29) is 28.7 Å². The number of carbonyl (C=O) groups is 1. The molecular weight excluding hydrogens is 455 g/mol. The summed E-state index contributed by atoms with van der Waals surface area (Å²) in [6.07, 6.45) is -2.61. The number of ether oxygens (including phenoxy) is 1. The number of anilines is 1. The van der Waals surface area contributed by atoms with Gasteiger partial charge in [-0.2, -0.15) is 13.2 Å². The van der Waals surface area contributed by atoms with Gasteiger partial charge < -0.3 is 15.0 Å². The molecule has 1 aliphatic heterocycles. The molecule has 2 aromatic carbocycles. The molecule has 4 rings (SSSR count). The van der Waals surface area contributed by atoms with Gasteiger partial charge in [-0.3, -0.25) is 4.90 Å². The molecule has 0 aromatic heterocycles. The van der Waals surface area contributed by atoms with E-state index in [1.165, 1.54) is 23.1 Å². The van der Waals surface area contributed by atoms with Crippen LogP contribution in [0, 0.1) is 5.92 Å². The van der Waals surface area contributed by atoms with Crippen LogP contribution in [0.5, 0.6) is 5.75 Å². The number of halogens is 4. The van der Waals surface area contributed by atoms with Crippen molar-refractivity contribution in [2.75, 3.05) is 26.1 Å². The molecule has 33 heavy (non-hydrogen) atoms. The number of hydrogen-bond donors (Lipinski definition) is 1. The lowest BCUT2D eigenvalue weighted by atomic mass is 9.76. The Hall–Kier alpha value is -2.45. The highest BCUT2D eigenvalue weighted by Gasteiger charge is 2.65. The van der Waals surface area contributed by atoms with Gasteiger partial charge in [0, 0.05) is 16.6 Å². The first-order valence-electron chi connectivity index (χ1n) is 10.8. The summed E-state index contributed by atoms with van der Waals surface area (Å²) in [7, 11) is 4.80. The van der Waals surface area contributed by atoms with Gasteiger partial charge in [-0.15, -0.1) is 0 Å². The van der Waals surface area contributed by atoms with Gasteiger partial charge in [0.25, 0.3) is 0 Å². The zero-order chi connectivity index (χ0) is 24.0. The predicted octanol–water partition coefficient (Wildman–Crippen LogP) is 5.57. The Balaban J connectivity index is 1.83. The largest absolute Gasteiger partial charge is 0.497 e. The highest BCUT2D eigenvalue weighted by Crippen LogP contribution is 2.52. The highest BCUT2D eigenvalue weighted by molar-refractivity contribution is 6.30. The Bertz CT molecular complexity index is 1020. The van der Waals surface area contributed by atoms with Crippen LogP contribution in [0.15, 0.2) is 42.5 Å². The van der Waals surface area contributed by atoms with Crippen LogP contribution in [0.25, 0.3) is 0 Å². The minimum atomic E-state index is -4.74. The molecule has 9 heteroatoms. The Kier molecular flexibility index (Phi) is 6.26. The summed E-state index contributed by atoms with van der Waals surface area (Å²) in [4.78, 5) is 16.2. The molecule has 178 valence electrons. The van der Waals surface area contributed by atoms with Crippen LogP contribution in [-0.4, -0.2) is 44.4 Å². The summed E-state index contributed by atoms with van der Waals surface area (Å²) in [5, 5.41) is 2.58. The van der Waals surface area contributed by atoms with Crippen molar-refractivity contribution in [2.24, 2.45) is 5.92 Å². The molecule has 2 aromatic rings. The molecule has 2 amide bonds. The van der Waals surface area contributed by atoms with Crippen molar-refractivity contribution in [2.45, 2.75) is 43.6 Å². The van der Waals surface area contributed by atoms with Crippen LogP contribution in [0.3, 0.4) is 0 Å². The lowest BCUT2D eigenvalue weighted by molar-refractivity contribution is -0.216. The molecule has 1 saturated carbocycles. The number of urea groups is 1. The molecule has 0 radical (unpaired) electrons. The molecule has 2 atom stereocenters. The fourth-order valence-electron chi connectivity index (χ4n) is 4.66. The average Bonchev–Trinajstić information content (AvgIpc) is 3.58. The number of nitrogens with one attached hydrogen (secondary N) is 1. The van der Waals surface area contributed by atoms with Crippen molar-refractivity contribution in [3.8, 4) is 5.75 Å². The molecule has 1 fully saturated rings. The second-order valence-electron chi connectivity index (χ2n) is 8.99. The smallest absolute Gasteiger partial charge is 0.417 e. The van der Waals surface area contributed by atoms with Crippen molar-refractivity contribution in [1.82, 2.24) is 10.2 Å². The molecule has 2 aliphatic rings. The number of methoxy groups -OCH3 is 1. The SMILES string of the molecule is COc1ccc(CN2C(=O)N[C@]([C@@H](CC3CC3)N(C)C)(C(F)(F)F)c3cc(Cl)ccc32)cc1. The van der Waals surface area contributed by atoms with Gasteiger partial charge in [0.05, 0.1) is 19.3 Å². The molecule has 0 bridgehead atoms. The number of likely N-dealkylation sites (N-methyl/N-ethyl adjacent to an activating group) is 1. The third-order valence-corrected chi connectivity index (χ3v) is 6.78. The van der Waals surface area contributed by atoms with Gasteiger partial charge in [0.1, 0.15) is 5.75 Å². The lowest BCUT2D eigenvalue weighted by Gasteiger charge is -2.50. The number of rotatable bonds is 7. The Labute approximate surface area is 196 Å². The average molecular weight is 482 g/mol. The van der Waals surface area contributed by atoms with Gasteiger partial charge in [-0.25, -0.2) is 4.79 Å². The van der Waals surface area contributed by atoms with E-state index in [1.807, 2.05) is 0 Å². The van der Waals surface area contributed by atoms with E-state index in [1.54, 1.807) is 50.4 Å². The third kappa shape index (κ3) is 4.38. The van der Waals surface area contributed by atoms with E-state index in [0.29, 0.717) is 12.2 Å². The van der Waals surface area contributed by atoms with Crippen molar-refractivity contribution >= 4 is 23.3 Å². The molecule has 5 nitrogen and oxygen atoms in total. The summed E-state index contributed by atoms with van der Waals surface area (Å²) in [5.41, 5.74) is -1.64. The lowest BCUT2D eigenvalue weighted by Crippen LogP contribution is -2.70. The topological polar surface area (TPSA) is 44.8 Å². The van der Waals surface area contributed by atoms with Crippen molar-refractivity contribution in [3.05, 3.63) is 58.6 Å². The highest BCUT2D eigenvalue weighted by atomic mass is 35.5. The number of nitrogens with zero attached hydrogens (tertiary/aromatic N) is 2. The summed E-state index contributed by atoms with van der Waals surface area (Å²) in [6, 6.07) is 9.65. The zero-order valence-corrected chi connectivity index (χ0v) is 19.5. The molecule has 0 spiro atoms. The minimum Gasteiger partial charge on any atom is -0.497 e. The number of alkyl halides is 3. The molecular formula is C24H27ClF3N3O2. The first-order chi connectivity index (χ1) is 15.6. The van der Waals surface area contributed by atoms with Crippen molar-refractivity contribution in [3.63, 3.8) is 0 Å². The molecule has 1 heterocycles. The maximum absolute atomic E-state index is 15.0. The van der Waals surface area contributed by atoms with Crippen molar-refractivity contribution < 1.29 is 22.7 Å². The number of fused-ring (bicyclic) bond motifs is 1. The van der Waals surface area contributed by atoms with Gasteiger partial charge in [0.15, 0.2) is 5.54 Å². The normalized spacial score (nSPS) is 21.6. The number of amides is 2. The summed E-state index contributed by atoms with van der Waals surface area (Å²) >= 11 is 6.21. The zero-order valence-electron chi connectivity index (χ0n) is 18.7. The summed E-state index contributed by atoms with van der Waals surface area (Å²) in [5.74, 6) is 0.868. The van der Waals surface area contributed by atoms with E-state index < -0.39 is 23.8 Å². The standard InChI is InChI=1S/C24H27ClF3N3O2/c1-30(2)21(12-15-4-5-15)23(24(26,27)28)19-13-17(25)8-11-20(19)31(22(32)29-23)14-16-6-9-18(33-3)10-7-16/h6-11,13,15,21H,4-5,12,14H2,1-3H3,(H,29,32)/t21-,23-/m1/s1. The second-order valence-corrected chi connectivity index (χ2v) is 9.43. The van der Waals surface area contributed by atoms with E-state index in [2.05, 4.69) is 5.32 Å². The molecule has 0 saturated heterocycles. The van der Waals surface area contributed by atoms with Crippen LogP contribution in [0.1, 0.15) is 30.4 Å². The Morgan fingerprint density at radius 1 is 1.21 bits per heavy atom. The summed E-state index contributed by atoms with van der Waals surface area (Å²) in [6.45, 7) is 0.105.